The van der Waals surface area contributed by atoms with E-state index in [1.54, 1.807) is 0 Å². The van der Waals surface area contributed by atoms with Gasteiger partial charge in [0.15, 0.2) is 0 Å². The third-order valence-electron chi connectivity index (χ3n) is 7.33. The van der Waals surface area contributed by atoms with Gasteiger partial charge in [-0.05, 0) is 69.5 Å². The Kier molecular flexibility index (Phi) is 8.79. The molecule has 0 aromatic heterocycles. The first kappa shape index (κ1) is 24.2. The van der Waals surface area contributed by atoms with E-state index < -0.39 is 0 Å². The molecular weight excluding hydrogens is 410 g/mol. The second-order valence-electron chi connectivity index (χ2n) is 9.92. The number of benzene rings is 2. The van der Waals surface area contributed by atoms with E-state index in [0.717, 1.165) is 38.3 Å². The standard InChI is InChI=1S/C28H41N3O2/c1-23(2)30-14-11-26(12-15-30)31-17-16-29(21-27(31)13-18-32)20-25-9-6-10-28(19-25)33-22-24-7-4-3-5-8-24/h3-10,19,23,26-27,32H,11-18,20-22H2,1-2H3/t27-/m0/s1. The van der Waals surface area contributed by atoms with Crippen molar-refractivity contribution >= 4 is 0 Å². The molecule has 2 aromatic rings. The van der Waals surface area contributed by atoms with Gasteiger partial charge < -0.3 is 14.7 Å². The number of rotatable bonds is 9. The Morgan fingerprint density at radius 2 is 1.70 bits per heavy atom. The largest absolute Gasteiger partial charge is 0.489 e. The van der Waals surface area contributed by atoms with Crippen molar-refractivity contribution in [1.82, 2.24) is 14.7 Å². The molecular formula is C28H41N3O2. The lowest BCUT2D eigenvalue weighted by Crippen LogP contribution is -2.58. The predicted octanol–water partition coefficient (Wildman–Crippen LogP) is 4.01. The topological polar surface area (TPSA) is 39.2 Å². The van der Waals surface area contributed by atoms with Crippen LogP contribution in [0, 0.1) is 0 Å². The summed E-state index contributed by atoms with van der Waals surface area (Å²) in [6, 6.07) is 20.6. The molecule has 5 nitrogen and oxygen atoms in total. The van der Waals surface area contributed by atoms with Gasteiger partial charge in [-0.2, -0.15) is 0 Å². The Morgan fingerprint density at radius 1 is 0.939 bits per heavy atom. The highest BCUT2D eigenvalue weighted by Crippen LogP contribution is 2.25. The van der Waals surface area contributed by atoms with Crippen LogP contribution in [0.3, 0.4) is 0 Å². The molecule has 0 amide bonds. The molecule has 2 aliphatic heterocycles. The highest BCUT2D eigenvalue weighted by molar-refractivity contribution is 5.29. The molecule has 0 bridgehead atoms. The number of hydrogen-bond acceptors (Lipinski definition) is 5. The fourth-order valence-electron chi connectivity index (χ4n) is 5.43. The summed E-state index contributed by atoms with van der Waals surface area (Å²) in [5.41, 5.74) is 2.48. The average Bonchev–Trinajstić information content (AvgIpc) is 2.84. The van der Waals surface area contributed by atoms with E-state index in [4.69, 9.17) is 4.74 Å². The molecule has 1 atom stereocenters. The number of piperazine rings is 1. The van der Waals surface area contributed by atoms with Gasteiger partial charge in [0.1, 0.15) is 12.4 Å². The van der Waals surface area contributed by atoms with Gasteiger partial charge in [-0.3, -0.25) is 9.80 Å². The molecule has 0 aliphatic carbocycles. The van der Waals surface area contributed by atoms with Gasteiger partial charge in [0.2, 0.25) is 0 Å². The smallest absolute Gasteiger partial charge is 0.120 e. The highest BCUT2D eigenvalue weighted by Gasteiger charge is 2.33. The van der Waals surface area contributed by atoms with E-state index in [1.807, 2.05) is 24.3 Å². The average molecular weight is 452 g/mol. The number of ether oxygens (including phenoxy) is 1. The summed E-state index contributed by atoms with van der Waals surface area (Å²) < 4.78 is 6.04. The van der Waals surface area contributed by atoms with Crippen LogP contribution < -0.4 is 4.74 Å². The van der Waals surface area contributed by atoms with Gasteiger partial charge in [0.05, 0.1) is 0 Å². The van der Waals surface area contributed by atoms with Crippen molar-refractivity contribution in [2.75, 3.05) is 39.3 Å². The summed E-state index contributed by atoms with van der Waals surface area (Å²) >= 11 is 0. The van der Waals surface area contributed by atoms with Crippen LogP contribution in [0.5, 0.6) is 5.75 Å². The molecule has 2 saturated heterocycles. The maximum atomic E-state index is 9.74. The van der Waals surface area contributed by atoms with Crippen LogP contribution in [0.4, 0.5) is 0 Å². The van der Waals surface area contributed by atoms with Gasteiger partial charge in [0.25, 0.3) is 0 Å². The van der Waals surface area contributed by atoms with E-state index in [-0.39, 0.29) is 6.61 Å². The van der Waals surface area contributed by atoms with Crippen LogP contribution in [-0.2, 0) is 13.2 Å². The van der Waals surface area contributed by atoms with Crippen LogP contribution in [-0.4, -0.2) is 77.3 Å². The number of likely N-dealkylation sites (tertiary alicyclic amines) is 1. The monoisotopic (exact) mass is 451 g/mol. The third-order valence-corrected chi connectivity index (χ3v) is 7.33. The minimum atomic E-state index is 0.267. The molecule has 2 fully saturated rings. The predicted molar refractivity (Wildman–Crippen MR) is 134 cm³/mol. The molecule has 2 aromatic carbocycles. The van der Waals surface area contributed by atoms with Gasteiger partial charge in [-0.15, -0.1) is 0 Å². The summed E-state index contributed by atoms with van der Waals surface area (Å²) in [5, 5.41) is 9.74. The van der Waals surface area contributed by atoms with Gasteiger partial charge >= 0.3 is 0 Å². The molecule has 5 heteroatoms. The Morgan fingerprint density at radius 3 is 2.42 bits per heavy atom. The lowest BCUT2D eigenvalue weighted by atomic mass is 9.97. The zero-order chi connectivity index (χ0) is 23.0. The van der Waals surface area contributed by atoms with Crippen molar-refractivity contribution in [1.29, 1.82) is 0 Å². The first-order valence-corrected chi connectivity index (χ1v) is 12.7. The lowest BCUT2D eigenvalue weighted by molar-refractivity contribution is -0.0000426. The van der Waals surface area contributed by atoms with Crippen molar-refractivity contribution in [3.8, 4) is 5.75 Å². The maximum Gasteiger partial charge on any atom is 0.120 e. The molecule has 33 heavy (non-hydrogen) atoms. The number of aliphatic hydroxyl groups is 1. The van der Waals surface area contributed by atoms with E-state index in [2.05, 4.69) is 58.9 Å². The van der Waals surface area contributed by atoms with Crippen molar-refractivity contribution in [2.45, 2.75) is 64.4 Å². The quantitative estimate of drug-likeness (QED) is 0.624. The van der Waals surface area contributed by atoms with Crippen molar-refractivity contribution < 1.29 is 9.84 Å². The second-order valence-corrected chi connectivity index (χ2v) is 9.92. The molecule has 2 heterocycles. The lowest BCUT2D eigenvalue weighted by Gasteiger charge is -2.48. The minimum absolute atomic E-state index is 0.267. The van der Waals surface area contributed by atoms with Crippen molar-refractivity contribution in [3.05, 3.63) is 65.7 Å². The Bertz CT molecular complexity index is 836. The van der Waals surface area contributed by atoms with E-state index in [0.29, 0.717) is 24.7 Å². The van der Waals surface area contributed by atoms with Crippen LogP contribution in [0.2, 0.25) is 0 Å². The molecule has 0 unspecified atom stereocenters. The van der Waals surface area contributed by atoms with E-state index >= 15 is 0 Å². The Hall–Kier alpha value is -1.92. The van der Waals surface area contributed by atoms with E-state index in [9.17, 15) is 5.11 Å². The summed E-state index contributed by atoms with van der Waals surface area (Å²) in [6.07, 6.45) is 3.36. The minimum Gasteiger partial charge on any atom is -0.489 e. The first-order valence-electron chi connectivity index (χ1n) is 12.7. The molecule has 2 aliphatic rings. The summed E-state index contributed by atoms with van der Waals surface area (Å²) in [4.78, 5) is 7.86. The zero-order valence-electron chi connectivity index (χ0n) is 20.4. The third kappa shape index (κ3) is 6.80. The summed E-state index contributed by atoms with van der Waals surface area (Å²) in [6.45, 7) is 12.0. The van der Waals surface area contributed by atoms with Crippen LogP contribution in [0.25, 0.3) is 0 Å². The first-order chi connectivity index (χ1) is 16.1. The van der Waals surface area contributed by atoms with Crippen molar-refractivity contribution in [3.63, 3.8) is 0 Å². The molecule has 180 valence electrons. The zero-order valence-corrected chi connectivity index (χ0v) is 20.4. The normalized spacial score (nSPS) is 21.5. The summed E-state index contributed by atoms with van der Waals surface area (Å²) in [7, 11) is 0. The molecule has 0 saturated carbocycles. The van der Waals surface area contributed by atoms with Gasteiger partial charge in [-0.1, -0.05) is 42.5 Å². The van der Waals surface area contributed by atoms with Crippen LogP contribution >= 0.6 is 0 Å². The fraction of sp³-hybridized carbons (Fsp3) is 0.571. The highest BCUT2D eigenvalue weighted by atomic mass is 16.5. The van der Waals surface area contributed by atoms with Gasteiger partial charge in [0, 0.05) is 50.9 Å². The van der Waals surface area contributed by atoms with Gasteiger partial charge in [-0.25, -0.2) is 0 Å². The Labute approximate surface area is 200 Å². The van der Waals surface area contributed by atoms with E-state index in [1.165, 1.54) is 37.1 Å². The number of aliphatic hydroxyl groups excluding tert-OH is 1. The number of hydrogen-bond donors (Lipinski definition) is 1. The van der Waals surface area contributed by atoms with Crippen LogP contribution in [0.1, 0.15) is 44.2 Å². The molecule has 0 radical (unpaired) electrons. The van der Waals surface area contributed by atoms with Crippen LogP contribution in [0.15, 0.2) is 54.6 Å². The SMILES string of the molecule is CC(C)N1CCC(N2CCN(Cc3cccc(OCc4ccccc4)c3)C[C@@H]2CCO)CC1. The summed E-state index contributed by atoms with van der Waals surface area (Å²) in [5.74, 6) is 0.929. The molecule has 4 rings (SSSR count). The van der Waals surface area contributed by atoms with Crippen molar-refractivity contribution in [2.24, 2.45) is 0 Å². The molecule has 0 spiro atoms. The number of nitrogens with zero attached hydrogens (tertiary/aromatic N) is 3. The maximum absolute atomic E-state index is 9.74. The fourth-order valence-corrected chi connectivity index (χ4v) is 5.43. The molecule has 1 N–H and O–H groups in total. The number of piperidine rings is 1. The second kappa shape index (κ2) is 12.0. The Balaban J connectivity index is 1.31.